The zero-order chi connectivity index (χ0) is 11.1. The second-order valence-corrected chi connectivity index (χ2v) is 4.17. The van der Waals surface area contributed by atoms with Crippen molar-refractivity contribution in [1.82, 2.24) is 19.5 Å². The van der Waals surface area contributed by atoms with Gasteiger partial charge in [-0.3, -0.25) is 4.99 Å². The highest BCUT2D eigenvalue weighted by atomic mass is 15.1. The van der Waals surface area contributed by atoms with Crippen molar-refractivity contribution in [1.29, 1.82) is 0 Å². The number of hydrogen-bond donors (Lipinski definition) is 1. The first kappa shape index (κ1) is 9.57. The summed E-state index contributed by atoms with van der Waals surface area (Å²) in [6.45, 7) is 2.97. The van der Waals surface area contributed by atoms with Crippen molar-refractivity contribution in [3.63, 3.8) is 0 Å². The van der Waals surface area contributed by atoms with E-state index in [1.165, 1.54) is 12.8 Å². The summed E-state index contributed by atoms with van der Waals surface area (Å²) in [5, 5.41) is 0. The van der Waals surface area contributed by atoms with Crippen molar-refractivity contribution in [3.8, 4) is 0 Å². The highest BCUT2D eigenvalue weighted by Gasteiger charge is 2.27. The van der Waals surface area contributed by atoms with E-state index >= 15 is 0 Å². The molecule has 0 bridgehead atoms. The summed E-state index contributed by atoms with van der Waals surface area (Å²) in [4.78, 5) is 16.5. The van der Waals surface area contributed by atoms with E-state index in [-0.39, 0.29) is 0 Å². The third kappa shape index (κ3) is 1.35. The Hall–Kier alpha value is -1.65. The monoisotopic (exact) mass is 217 g/mol. The maximum atomic E-state index is 4.66. The lowest BCUT2D eigenvalue weighted by Crippen LogP contribution is -2.13. The maximum Gasteiger partial charge on any atom is 0.176 e. The summed E-state index contributed by atoms with van der Waals surface area (Å²) in [6, 6.07) is 0. The smallest absolute Gasteiger partial charge is 0.176 e. The number of imidazole rings is 1. The van der Waals surface area contributed by atoms with E-state index in [1.807, 2.05) is 10.9 Å². The van der Waals surface area contributed by atoms with Crippen molar-refractivity contribution in [3.05, 3.63) is 17.6 Å². The average molecular weight is 217 g/mol. The molecule has 5 heteroatoms. The van der Waals surface area contributed by atoms with Crippen LogP contribution in [0, 0.1) is 0 Å². The Morgan fingerprint density at radius 1 is 1.56 bits per heavy atom. The van der Waals surface area contributed by atoms with Crippen molar-refractivity contribution < 1.29 is 0 Å². The van der Waals surface area contributed by atoms with Crippen LogP contribution >= 0.6 is 0 Å². The number of hydrogen-bond acceptors (Lipinski definition) is 3. The Balaban J connectivity index is 2.32. The zero-order valence-corrected chi connectivity index (χ0v) is 9.56. The lowest BCUT2D eigenvalue weighted by atomic mass is 10.4. The van der Waals surface area contributed by atoms with Gasteiger partial charge in [-0.1, -0.05) is 0 Å². The van der Waals surface area contributed by atoms with Crippen LogP contribution in [0.2, 0.25) is 0 Å². The summed E-state index contributed by atoms with van der Waals surface area (Å²) in [7, 11) is 1.76. The summed E-state index contributed by atoms with van der Waals surface area (Å²) >= 11 is 0. The van der Waals surface area contributed by atoms with Gasteiger partial charge in [0.2, 0.25) is 0 Å². The number of aromatic nitrogens is 4. The minimum Gasteiger partial charge on any atom is -0.337 e. The third-order valence-corrected chi connectivity index (χ3v) is 3.03. The number of aryl methyl sites for hydroxylation is 1. The molecule has 2 aromatic rings. The second kappa shape index (κ2) is 3.43. The van der Waals surface area contributed by atoms with Crippen LogP contribution in [0.15, 0.2) is 11.3 Å². The van der Waals surface area contributed by atoms with Gasteiger partial charge in [0, 0.05) is 19.5 Å². The van der Waals surface area contributed by atoms with E-state index in [0.717, 1.165) is 29.0 Å². The fourth-order valence-electron chi connectivity index (χ4n) is 1.94. The first-order valence-corrected chi connectivity index (χ1v) is 5.71. The molecule has 0 spiro atoms. The molecule has 1 aliphatic carbocycles. The van der Waals surface area contributed by atoms with Gasteiger partial charge in [0.1, 0.15) is 11.3 Å². The van der Waals surface area contributed by atoms with Crippen molar-refractivity contribution in [2.24, 2.45) is 4.99 Å². The van der Waals surface area contributed by atoms with Crippen molar-refractivity contribution >= 4 is 11.2 Å². The number of nitrogens with one attached hydrogen (secondary N) is 1. The number of rotatable bonds is 2. The van der Waals surface area contributed by atoms with Gasteiger partial charge in [-0.25, -0.2) is 9.97 Å². The number of nitrogens with zero attached hydrogens (tertiary/aromatic N) is 4. The SMILES string of the molecule is CCn1cnc(=NC)c2[nH]c(C3CC3)nc21. The number of aromatic amines is 1. The van der Waals surface area contributed by atoms with Gasteiger partial charge in [0.15, 0.2) is 11.1 Å². The molecule has 1 fully saturated rings. The van der Waals surface area contributed by atoms with Gasteiger partial charge in [-0.15, -0.1) is 0 Å². The summed E-state index contributed by atoms with van der Waals surface area (Å²) in [5.74, 6) is 1.72. The fourth-order valence-corrected chi connectivity index (χ4v) is 1.94. The van der Waals surface area contributed by atoms with E-state index < -0.39 is 0 Å². The van der Waals surface area contributed by atoms with E-state index in [0.29, 0.717) is 5.92 Å². The van der Waals surface area contributed by atoms with E-state index in [1.54, 1.807) is 7.05 Å². The molecule has 0 radical (unpaired) electrons. The molecule has 0 saturated heterocycles. The summed E-state index contributed by atoms with van der Waals surface area (Å²) in [6.07, 6.45) is 4.30. The van der Waals surface area contributed by atoms with Gasteiger partial charge >= 0.3 is 0 Å². The van der Waals surface area contributed by atoms with Gasteiger partial charge < -0.3 is 9.55 Å². The molecule has 3 rings (SSSR count). The van der Waals surface area contributed by atoms with Gasteiger partial charge in [-0.2, -0.15) is 0 Å². The predicted molar refractivity (Wildman–Crippen MR) is 61.0 cm³/mol. The Morgan fingerprint density at radius 2 is 2.38 bits per heavy atom. The number of H-pyrrole nitrogens is 1. The molecule has 5 nitrogen and oxygen atoms in total. The second-order valence-electron chi connectivity index (χ2n) is 4.17. The lowest BCUT2D eigenvalue weighted by Gasteiger charge is -2.01. The van der Waals surface area contributed by atoms with E-state index in [9.17, 15) is 0 Å². The quantitative estimate of drug-likeness (QED) is 0.821. The van der Waals surface area contributed by atoms with Crippen LogP contribution in [0.3, 0.4) is 0 Å². The normalized spacial score (nSPS) is 17.2. The molecule has 0 unspecified atom stereocenters. The minimum atomic E-state index is 0.627. The van der Waals surface area contributed by atoms with Gasteiger partial charge in [0.25, 0.3) is 0 Å². The molecular weight excluding hydrogens is 202 g/mol. The zero-order valence-electron chi connectivity index (χ0n) is 9.56. The molecule has 84 valence electrons. The van der Waals surface area contributed by atoms with Gasteiger partial charge in [-0.05, 0) is 19.8 Å². The highest BCUT2D eigenvalue weighted by molar-refractivity contribution is 5.69. The molecule has 0 aliphatic heterocycles. The average Bonchev–Trinajstić information content (AvgIpc) is 3.07. The third-order valence-electron chi connectivity index (χ3n) is 3.03. The first-order valence-electron chi connectivity index (χ1n) is 5.71. The van der Waals surface area contributed by atoms with Crippen LogP contribution < -0.4 is 5.49 Å². The van der Waals surface area contributed by atoms with Crippen LogP contribution in [-0.4, -0.2) is 26.6 Å². The Labute approximate surface area is 93.3 Å². The molecule has 0 amide bonds. The fraction of sp³-hybridized carbons (Fsp3) is 0.545. The molecule has 2 heterocycles. The minimum absolute atomic E-state index is 0.627. The molecule has 1 N–H and O–H groups in total. The largest absolute Gasteiger partial charge is 0.337 e. The predicted octanol–water partition coefficient (Wildman–Crippen LogP) is 1.19. The van der Waals surface area contributed by atoms with Crippen molar-refractivity contribution in [2.75, 3.05) is 7.05 Å². The van der Waals surface area contributed by atoms with E-state index in [2.05, 4.69) is 26.9 Å². The standard InChI is InChI=1S/C11H15N5/c1-3-16-6-13-10(12-2)8-11(16)15-9(14-8)7-4-5-7/h6-7H,3-5H2,1-2H3,(H,14,15). The molecule has 0 aromatic carbocycles. The first-order chi connectivity index (χ1) is 7.83. The Kier molecular flexibility index (Phi) is 2.05. The number of fused-ring (bicyclic) bond motifs is 1. The Bertz CT molecular complexity index is 588. The van der Waals surface area contributed by atoms with Gasteiger partial charge in [0.05, 0.1) is 6.33 Å². The Morgan fingerprint density at radius 3 is 3.00 bits per heavy atom. The molecule has 0 atom stereocenters. The molecule has 16 heavy (non-hydrogen) atoms. The van der Waals surface area contributed by atoms with Crippen LogP contribution in [0.4, 0.5) is 0 Å². The maximum absolute atomic E-state index is 4.66. The van der Waals surface area contributed by atoms with E-state index in [4.69, 9.17) is 0 Å². The molecule has 1 aliphatic rings. The lowest BCUT2D eigenvalue weighted by molar-refractivity contribution is 0.752. The van der Waals surface area contributed by atoms with Crippen molar-refractivity contribution in [2.45, 2.75) is 32.2 Å². The van der Waals surface area contributed by atoms with Crippen LogP contribution in [0.5, 0.6) is 0 Å². The molecule has 1 saturated carbocycles. The van der Waals surface area contributed by atoms with Crippen LogP contribution in [-0.2, 0) is 6.54 Å². The molecular formula is C11H15N5. The van der Waals surface area contributed by atoms with Crippen LogP contribution in [0.25, 0.3) is 11.2 Å². The van der Waals surface area contributed by atoms with Crippen LogP contribution in [0.1, 0.15) is 31.5 Å². The topological polar surface area (TPSA) is 58.9 Å². The highest BCUT2D eigenvalue weighted by Crippen LogP contribution is 2.38. The summed E-state index contributed by atoms with van der Waals surface area (Å²) < 4.78 is 2.05. The summed E-state index contributed by atoms with van der Waals surface area (Å²) in [5.41, 5.74) is 2.69. The molecule has 2 aromatic heterocycles.